The maximum Gasteiger partial charge on any atom is 0.270 e. The molecule has 0 aliphatic heterocycles. The number of nitrogens with zero attached hydrogens (tertiary/aromatic N) is 1. The summed E-state index contributed by atoms with van der Waals surface area (Å²) in [5.74, 6) is -0.238. The third-order valence-corrected chi connectivity index (χ3v) is 8.51. The highest BCUT2D eigenvalue weighted by Gasteiger charge is 2.22. The standard InChI is InChI=1S/C35H67NO3S/c1-4-7-10-13-16-19-22-25-28-31-36(34-35-40(37,38)39,32-29-26-23-20-17-14-11-8-5-2)33-30-27-24-21-18-15-12-9-6-3/h28-33H,4-27,34-35H2,1-3H3/p+1/b31-28+,32-29+,33-30+. The molecular weight excluding hydrogens is 514 g/mol. The summed E-state index contributed by atoms with van der Waals surface area (Å²) in [5, 5.41) is 0. The molecule has 0 spiro atoms. The van der Waals surface area contributed by atoms with Crippen LogP contribution >= 0.6 is 0 Å². The number of unbranched alkanes of at least 4 members (excludes halogenated alkanes) is 21. The minimum Gasteiger partial charge on any atom is -0.285 e. The van der Waals surface area contributed by atoms with E-state index in [1.54, 1.807) is 0 Å². The van der Waals surface area contributed by atoms with Gasteiger partial charge in [-0.1, -0.05) is 136 Å². The Morgan fingerprint density at radius 3 is 1.02 bits per heavy atom. The lowest BCUT2D eigenvalue weighted by Crippen LogP contribution is -2.35. The van der Waals surface area contributed by atoms with Crippen LogP contribution in [-0.2, 0) is 10.1 Å². The van der Waals surface area contributed by atoms with E-state index >= 15 is 0 Å². The van der Waals surface area contributed by atoms with Crippen LogP contribution in [0.3, 0.4) is 0 Å². The van der Waals surface area contributed by atoms with Gasteiger partial charge in [-0.15, -0.1) is 0 Å². The van der Waals surface area contributed by atoms with Gasteiger partial charge in [-0.25, -0.2) is 4.48 Å². The van der Waals surface area contributed by atoms with E-state index in [1.807, 2.05) is 0 Å². The lowest BCUT2D eigenvalue weighted by Gasteiger charge is -2.26. The SMILES string of the molecule is CCCCCCCCC/C=C/[N+](/C=C/CCCCCCCCC)(/C=C/CCCCCCCCC)CCS(=O)(=O)O. The van der Waals surface area contributed by atoms with Crippen molar-refractivity contribution < 1.29 is 17.5 Å². The minimum absolute atomic E-state index is 0.238. The fourth-order valence-electron chi connectivity index (χ4n) is 5.12. The molecule has 0 heterocycles. The first-order chi connectivity index (χ1) is 19.4. The first kappa shape index (κ1) is 39.1. The van der Waals surface area contributed by atoms with Crippen LogP contribution in [0.15, 0.2) is 36.8 Å². The van der Waals surface area contributed by atoms with Crippen molar-refractivity contribution in [3.63, 3.8) is 0 Å². The molecule has 0 amide bonds. The zero-order valence-corrected chi connectivity index (χ0v) is 27.8. The van der Waals surface area contributed by atoms with Crippen LogP contribution in [0.5, 0.6) is 0 Å². The third-order valence-electron chi connectivity index (χ3n) is 7.81. The molecule has 0 aliphatic carbocycles. The van der Waals surface area contributed by atoms with E-state index in [0.717, 1.165) is 19.3 Å². The van der Waals surface area contributed by atoms with Gasteiger partial charge in [-0.3, -0.25) is 4.55 Å². The van der Waals surface area contributed by atoms with Gasteiger partial charge in [0.2, 0.25) is 0 Å². The molecule has 0 saturated carbocycles. The molecule has 0 radical (unpaired) electrons. The van der Waals surface area contributed by atoms with E-state index in [9.17, 15) is 13.0 Å². The molecular formula is C35H68NO3S+. The van der Waals surface area contributed by atoms with E-state index in [-0.39, 0.29) is 5.75 Å². The van der Waals surface area contributed by atoms with Crippen molar-refractivity contribution in [3.8, 4) is 0 Å². The van der Waals surface area contributed by atoms with E-state index in [0.29, 0.717) is 11.0 Å². The second-order valence-corrected chi connectivity index (χ2v) is 13.5. The van der Waals surface area contributed by atoms with E-state index in [4.69, 9.17) is 0 Å². The van der Waals surface area contributed by atoms with Crippen molar-refractivity contribution in [1.29, 1.82) is 0 Å². The first-order valence-electron chi connectivity index (χ1n) is 17.2. The zero-order valence-electron chi connectivity index (χ0n) is 27.0. The van der Waals surface area contributed by atoms with Gasteiger partial charge in [0.25, 0.3) is 10.1 Å². The predicted octanol–water partition coefficient (Wildman–Crippen LogP) is 11.7. The third kappa shape index (κ3) is 27.3. The molecule has 5 heteroatoms. The van der Waals surface area contributed by atoms with Crippen LogP contribution in [0.1, 0.15) is 175 Å². The number of rotatable bonds is 30. The number of quaternary nitrogens is 1. The Morgan fingerprint density at radius 1 is 0.475 bits per heavy atom. The smallest absolute Gasteiger partial charge is 0.270 e. The summed E-state index contributed by atoms with van der Waals surface area (Å²) in [6, 6.07) is 0. The fourth-order valence-corrected chi connectivity index (χ4v) is 5.66. The summed E-state index contributed by atoms with van der Waals surface area (Å²) in [7, 11) is -4.03. The largest absolute Gasteiger partial charge is 0.285 e. The molecule has 0 aromatic heterocycles. The summed E-state index contributed by atoms with van der Waals surface area (Å²) in [4.78, 5) is 0. The van der Waals surface area contributed by atoms with Crippen molar-refractivity contribution in [2.24, 2.45) is 0 Å². The van der Waals surface area contributed by atoms with E-state index in [2.05, 4.69) is 57.6 Å². The monoisotopic (exact) mass is 582 g/mol. The van der Waals surface area contributed by atoms with Crippen molar-refractivity contribution in [2.45, 2.75) is 175 Å². The first-order valence-corrected chi connectivity index (χ1v) is 18.9. The highest BCUT2D eigenvalue weighted by Crippen LogP contribution is 2.18. The predicted molar refractivity (Wildman–Crippen MR) is 177 cm³/mol. The van der Waals surface area contributed by atoms with E-state index in [1.165, 1.54) is 135 Å². The van der Waals surface area contributed by atoms with Gasteiger partial charge in [0.15, 0.2) is 0 Å². The molecule has 0 aliphatic rings. The highest BCUT2D eigenvalue weighted by molar-refractivity contribution is 7.85. The fraction of sp³-hybridized carbons (Fsp3) is 0.829. The Labute approximate surface area is 251 Å². The van der Waals surface area contributed by atoms with Gasteiger partial charge in [0.1, 0.15) is 30.9 Å². The Balaban J connectivity index is 5.13. The van der Waals surface area contributed by atoms with Crippen LogP contribution in [0.25, 0.3) is 0 Å². The Kier molecular flexibility index (Phi) is 27.6. The molecule has 236 valence electrons. The molecule has 1 N–H and O–H groups in total. The summed E-state index contributed by atoms with van der Waals surface area (Å²) in [5.41, 5.74) is 0. The lowest BCUT2D eigenvalue weighted by atomic mass is 10.1. The molecule has 0 fully saturated rings. The summed E-state index contributed by atoms with van der Waals surface area (Å²) in [6.45, 7) is 7.09. The highest BCUT2D eigenvalue weighted by atomic mass is 32.2. The number of hydrogen-bond acceptors (Lipinski definition) is 2. The molecule has 0 bridgehead atoms. The van der Waals surface area contributed by atoms with E-state index < -0.39 is 10.1 Å². The lowest BCUT2D eigenvalue weighted by molar-refractivity contribution is -0.770. The second-order valence-electron chi connectivity index (χ2n) is 11.9. The molecule has 4 nitrogen and oxygen atoms in total. The maximum atomic E-state index is 11.7. The summed E-state index contributed by atoms with van der Waals surface area (Å²) < 4.78 is 33.4. The Hall–Kier alpha value is -0.910. The number of hydrogen-bond donors (Lipinski definition) is 1. The van der Waals surface area contributed by atoms with Crippen LogP contribution in [0.2, 0.25) is 0 Å². The minimum atomic E-state index is -4.03. The number of allylic oxidation sites excluding steroid dienone is 3. The van der Waals surface area contributed by atoms with Gasteiger partial charge >= 0.3 is 0 Å². The van der Waals surface area contributed by atoms with Crippen LogP contribution in [-0.4, -0.2) is 29.8 Å². The average Bonchev–Trinajstić information content (AvgIpc) is 2.93. The van der Waals surface area contributed by atoms with Crippen molar-refractivity contribution in [1.82, 2.24) is 0 Å². The van der Waals surface area contributed by atoms with Gasteiger partial charge in [-0.2, -0.15) is 8.42 Å². The normalized spacial score (nSPS) is 13.0. The molecule has 0 aromatic rings. The molecule has 40 heavy (non-hydrogen) atoms. The molecule has 0 atom stereocenters. The summed E-state index contributed by atoms with van der Waals surface area (Å²) in [6.07, 6.45) is 43.2. The van der Waals surface area contributed by atoms with Gasteiger partial charge < -0.3 is 0 Å². The average molecular weight is 583 g/mol. The Bertz CT molecular complexity index is 658. The maximum absolute atomic E-state index is 11.7. The van der Waals surface area contributed by atoms with Crippen molar-refractivity contribution in [3.05, 3.63) is 36.8 Å². The molecule has 0 aromatic carbocycles. The van der Waals surface area contributed by atoms with Crippen LogP contribution in [0, 0.1) is 0 Å². The second kappa shape index (κ2) is 28.2. The van der Waals surface area contributed by atoms with Gasteiger partial charge in [0, 0.05) is 0 Å². The molecule has 0 saturated heterocycles. The van der Waals surface area contributed by atoms with Gasteiger partial charge in [0.05, 0.1) is 0 Å². The van der Waals surface area contributed by atoms with Crippen LogP contribution < -0.4 is 0 Å². The van der Waals surface area contributed by atoms with Crippen LogP contribution in [0.4, 0.5) is 0 Å². The van der Waals surface area contributed by atoms with Gasteiger partial charge in [-0.05, 0) is 56.8 Å². The van der Waals surface area contributed by atoms with Crippen molar-refractivity contribution in [2.75, 3.05) is 12.3 Å². The molecule has 0 unspecified atom stereocenters. The quantitative estimate of drug-likeness (QED) is 0.0520. The zero-order chi connectivity index (χ0) is 29.6. The topological polar surface area (TPSA) is 54.4 Å². The van der Waals surface area contributed by atoms with Crippen molar-refractivity contribution >= 4 is 10.1 Å². The summed E-state index contributed by atoms with van der Waals surface area (Å²) >= 11 is 0. The Morgan fingerprint density at radius 2 is 0.750 bits per heavy atom. The molecule has 0 rings (SSSR count).